The Morgan fingerprint density at radius 2 is 2.17 bits per heavy atom. The van der Waals surface area contributed by atoms with Crippen LogP contribution in [0.15, 0.2) is 0 Å². The fourth-order valence-corrected chi connectivity index (χ4v) is 2.39. The van der Waals surface area contributed by atoms with Gasteiger partial charge in [0.2, 0.25) is 5.91 Å². The van der Waals surface area contributed by atoms with Gasteiger partial charge in [0.25, 0.3) is 0 Å². The van der Waals surface area contributed by atoms with Crippen molar-refractivity contribution in [3.05, 3.63) is 0 Å². The quantitative estimate of drug-likeness (QED) is 0.719. The average molecular weight is 255 g/mol. The van der Waals surface area contributed by atoms with Gasteiger partial charge in [0.1, 0.15) is 0 Å². The molecule has 1 aliphatic rings. The minimum atomic E-state index is 0.0682. The minimum Gasteiger partial charge on any atom is -0.355 e. The molecule has 4 heteroatoms. The highest BCUT2D eigenvalue weighted by Crippen LogP contribution is 2.10. The highest BCUT2D eigenvalue weighted by molar-refractivity contribution is 5.72. The summed E-state index contributed by atoms with van der Waals surface area (Å²) in [5.74, 6) is 0.843. The van der Waals surface area contributed by atoms with Gasteiger partial charge in [-0.15, -0.1) is 0 Å². The predicted octanol–water partition coefficient (Wildman–Crippen LogP) is 1.22. The lowest BCUT2D eigenvalue weighted by Gasteiger charge is -2.33. The molecule has 1 heterocycles. The second kappa shape index (κ2) is 8.48. The average Bonchev–Trinajstić information content (AvgIpc) is 2.28. The van der Waals surface area contributed by atoms with Crippen LogP contribution in [-0.4, -0.2) is 49.6 Å². The first-order valence-electron chi connectivity index (χ1n) is 7.28. The molecule has 2 N–H and O–H groups in total. The number of carbonyl (C=O) groups excluding carboxylic acids is 1. The number of nitrogens with one attached hydrogen (secondary N) is 2. The fourth-order valence-electron chi connectivity index (χ4n) is 2.39. The standard InChI is InChI=1S/C14H29N3O/c1-12(2)6-7-16-14-5-4-9-17(11-14)10-8-15-13(3)18/h12,14,16H,4-11H2,1-3H3,(H,15,18). The van der Waals surface area contributed by atoms with Crippen molar-refractivity contribution < 1.29 is 4.79 Å². The summed E-state index contributed by atoms with van der Waals surface area (Å²) >= 11 is 0. The van der Waals surface area contributed by atoms with Crippen molar-refractivity contribution in [3.8, 4) is 0 Å². The molecule has 106 valence electrons. The first-order valence-corrected chi connectivity index (χ1v) is 7.28. The molecule has 1 amide bonds. The molecule has 0 aliphatic carbocycles. The van der Waals surface area contributed by atoms with Gasteiger partial charge >= 0.3 is 0 Å². The maximum Gasteiger partial charge on any atom is 0.216 e. The van der Waals surface area contributed by atoms with Gasteiger partial charge in [-0.2, -0.15) is 0 Å². The van der Waals surface area contributed by atoms with E-state index in [1.165, 1.54) is 25.8 Å². The molecule has 1 unspecified atom stereocenters. The van der Waals surface area contributed by atoms with Gasteiger partial charge < -0.3 is 15.5 Å². The molecule has 1 fully saturated rings. The number of nitrogens with zero attached hydrogens (tertiary/aromatic N) is 1. The van der Waals surface area contributed by atoms with Crippen molar-refractivity contribution in [2.45, 2.75) is 46.1 Å². The zero-order chi connectivity index (χ0) is 13.4. The number of hydrogen-bond acceptors (Lipinski definition) is 3. The van der Waals surface area contributed by atoms with E-state index in [1.807, 2.05) is 0 Å². The Labute approximate surface area is 111 Å². The lowest BCUT2D eigenvalue weighted by Crippen LogP contribution is -2.47. The first-order chi connectivity index (χ1) is 8.58. The molecule has 0 bridgehead atoms. The highest BCUT2D eigenvalue weighted by Gasteiger charge is 2.18. The molecule has 0 aromatic rings. The van der Waals surface area contributed by atoms with E-state index in [1.54, 1.807) is 6.92 Å². The number of hydrogen-bond donors (Lipinski definition) is 2. The van der Waals surface area contributed by atoms with E-state index < -0.39 is 0 Å². The van der Waals surface area contributed by atoms with Crippen molar-refractivity contribution in [3.63, 3.8) is 0 Å². The van der Waals surface area contributed by atoms with Crippen LogP contribution in [0.3, 0.4) is 0 Å². The smallest absolute Gasteiger partial charge is 0.216 e. The summed E-state index contributed by atoms with van der Waals surface area (Å²) in [7, 11) is 0. The van der Waals surface area contributed by atoms with Gasteiger partial charge in [-0.05, 0) is 38.3 Å². The second-order valence-corrected chi connectivity index (χ2v) is 5.76. The molecule has 1 saturated heterocycles. The van der Waals surface area contributed by atoms with Crippen LogP contribution in [0.2, 0.25) is 0 Å². The summed E-state index contributed by atoms with van der Waals surface area (Å²) < 4.78 is 0. The van der Waals surface area contributed by atoms with Gasteiger partial charge in [-0.3, -0.25) is 4.79 Å². The Hall–Kier alpha value is -0.610. The minimum absolute atomic E-state index is 0.0682. The Kier molecular flexibility index (Phi) is 7.28. The largest absolute Gasteiger partial charge is 0.355 e. The summed E-state index contributed by atoms with van der Waals surface area (Å²) in [6, 6.07) is 0.634. The van der Waals surface area contributed by atoms with Gasteiger partial charge in [0, 0.05) is 32.6 Å². The van der Waals surface area contributed by atoms with Gasteiger partial charge in [-0.1, -0.05) is 13.8 Å². The number of likely N-dealkylation sites (tertiary alicyclic amines) is 1. The molecule has 1 aliphatic heterocycles. The second-order valence-electron chi connectivity index (χ2n) is 5.76. The van der Waals surface area contributed by atoms with Gasteiger partial charge in [0.05, 0.1) is 0 Å². The number of rotatable bonds is 7. The third kappa shape index (κ3) is 6.97. The summed E-state index contributed by atoms with van der Waals surface area (Å²) in [5.41, 5.74) is 0. The molecule has 4 nitrogen and oxygen atoms in total. The van der Waals surface area contributed by atoms with Crippen LogP contribution in [0.1, 0.15) is 40.0 Å². The van der Waals surface area contributed by atoms with Crippen LogP contribution < -0.4 is 10.6 Å². The van der Waals surface area contributed by atoms with Crippen molar-refractivity contribution >= 4 is 5.91 Å². The summed E-state index contributed by atoms with van der Waals surface area (Å²) in [6.45, 7) is 11.3. The fraction of sp³-hybridized carbons (Fsp3) is 0.929. The topological polar surface area (TPSA) is 44.4 Å². The molecule has 0 saturated carbocycles. The third-order valence-corrected chi connectivity index (χ3v) is 3.46. The van der Waals surface area contributed by atoms with Crippen LogP contribution in [0, 0.1) is 5.92 Å². The number of amides is 1. The van der Waals surface area contributed by atoms with Crippen molar-refractivity contribution in [2.24, 2.45) is 5.92 Å². The molecule has 1 rings (SSSR count). The van der Waals surface area contributed by atoms with E-state index in [0.717, 1.165) is 32.1 Å². The van der Waals surface area contributed by atoms with E-state index in [2.05, 4.69) is 29.4 Å². The van der Waals surface area contributed by atoms with Crippen molar-refractivity contribution in [1.82, 2.24) is 15.5 Å². The summed E-state index contributed by atoms with van der Waals surface area (Å²) in [6.07, 6.45) is 3.80. The Morgan fingerprint density at radius 1 is 1.39 bits per heavy atom. The van der Waals surface area contributed by atoms with Gasteiger partial charge in [-0.25, -0.2) is 0 Å². The molecular formula is C14H29N3O. The summed E-state index contributed by atoms with van der Waals surface area (Å²) in [5, 5.41) is 6.52. The van der Waals surface area contributed by atoms with Crippen LogP contribution in [0.25, 0.3) is 0 Å². The SMILES string of the molecule is CC(=O)NCCN1CCCC(NCCC(C)C)C1. The molecule has 0 aromatic heterocycles. The van der Waals surface area contributed by atoms with Crippen molar-refractivity contribution in [2.75, 3.05) is 32.7 Å². The lowest BCUT2D eigenvalue weighted by molar-refractivity contribution is -0.119. The molecule has 0 radical (unpaired) electrons. The number of carbonyl (C=O) groups is 1. The third-order valence-electron chi connectivity index (χ3n) is 3.46. The van der Waals surface area contributed by atoms with E-state index >= 15 is 0 Å². The molecule has 0 aromatic carbocycles. The zero-order valence-corrected chi connectivity index (χ0v) is 12.2. The monoisotopic (exact) mass is 255 g/mol. The zero-order valence-electron chi connectivity index (χ0n) is 12.2. The molecule has 1 atom stereocenters. The summed E-state index contributed by atoms with van der Waals surface area (Å²) in [4.78, 5) is 13.3. The Morgan fingerprint density at radius 3 is 2.83 bits per heavy atom. The maximum atomic E-state index is 10.8. The highest BCUT2D eigenvalue weighted by atomic mass is 16.1. The van der Waals surface area contributed by atoms with E-state index in [9.17, 15) is 4.79 Å². The Balaban J connectivity index is 2.13. The van der Waals surface area contributed by atoms with E-state index in [4.69, 9.17) is 0 Å². The Bertz CT molecular complexity index is 243. The van der Waals surface area contributed by atoms with Crippen LogP contribution in [0.5, 0.6) is 0 Å². The van der Waals surface area contributed by atoms with Crippen LogP contribution in [-0.2, 0) is 4.79 Å². The first kappa shape index (κ1) is 15.4. The molecular weight excluding hydrogens is 226 g/mol. The maximum absolute atomic E-state index is 10.8. The lowest BCUT2D eigenvalue weighted by atomic mass is 10.0. The normalized spacial score (nSPS) is 21.2. The molecule has 18 heavy (non-hydrogen) atoms. The molecule has 0 spiro atoms. The van der Waals surface area contributed by atoms with Crippen molar-refractivity contribution in [1.29, 1.82) is 0 Å². The van der Waals surface area contributed by atoms with E-state index in [0.29, 0.717) is 6.04 Å². The predicted molar refractivity (Wildman–Crippen MR) is 75.6 cm³/mol. The van der Waals surface area contributed by atoms with Crippen LogP contribution >= 0.6 is 0 Å². The van der Waals surface area contributed by atoms with E-state index in [-0.39, 0.29) is 5.91 Å². The van der Waals surface area contributed by atoms with Gasteiger partial charge in [0.15, 0.2) is 0 Å². The van der Waals surface area contributed by atoms with Crippen LogP contribution in [0.4, 0.5) is 0 Å². The number of piperidine rings is 1.